The predicted molar refractivity (Wildman–Crippen MR) is 181 cm³/mol. The smallest absolute Gasteiger partial charge is 0.251 e. The van der Waals surface area contributed by atoms with Gasteiger partial charge in [0.05, 0.1) is 5.69 Å². The van der Waals surface area contributed by atoms with Crippen LogP contribution >= 0.6 is 0 Å². The molecule has 6 nitrogen and oxygen atoms in total. The Morgan fingerprint density at radius 1 is 1.02 bits per heavy atom. The molecule has 232 valence electrons. The summed E-state index contributed by atoms with van der Waals surface area (Å²) in [5, 5.41) is 5.19. The van der Waals surface area contributed by atoms with Gasteiger partial charge in [0.25, 0.3) is 5.91 Å². The van der Waals surface area contributed by atoms with Gasteiger partial charge in [0.2, 0.25) is 0 Å². The van der Waals surface area contributed by atoms with Crippen molar-refractivity contribution in [1.29, 1.82) is 0 Å². The van der Waals surface area contributed by atoms with Crippen molar-refractivity contribution in [3.63, 3.8) is 0 Å². The number of carbonyl (C=O) groups is 1. The van der Waals surface area contributed by atoms with Crippen LogP contribution in [0.15, 0.2) is 79.5 Å². The van der Waals surface area contributed by atoms with Crippen molar-refractivity contribution >= 4 is 22.4 Å². The van der Waals surface area contributed by atoms with Crippen LogP contribution in [0.25, 0.3) is 22.0 Å². The average molecular weight is 589 g/mol. The zero-order valence-corrected chi connectivity index (χ0v) is 26.6. The second-order valence-electron chi connectivity index (χ2n) is 10.5. The fourth-order valence-corrected chi connectivity index (χ4v) is 4.02. The number of rotatable bonds is 6. The third-order valence-corrected chi connectivity index (χ3v) is 6.31. The molecule has 0 spiro atoms. The molecule has 0 unspecified atom stereocenters. The summed E-state index contributed by atoms with van der Waals surface area (Å²) in [6.45, 7) is 11.9. The number of aromatic nitrogens is 1. The molecular weight excluding hydrogens is 539 g/mol. The van der Waals surface area contributed by atoms with Gasteiger partial charge in [-0.1, -0.05) is 70.4 Å². The third-order valence-electron chi connectivity index (χ3n) is 6.31. The van der Waals surface area contributed by atoms with Crippen LogP contribution in [0, 0.1) is 19.7 Å². The summed E-state index contributed by atoms with van der Waals surface area (Å²) in [5.74, 6) is -0.371. The topological polar surface area (TPSA) is 103 Å². The van der Waals surface area contributed by atoms with E-state index in [1.165, 1.54) is 44.0 Å². The second-order valence-corrected chi connectivity index (χ2v) is 10.5. The lowest BCUT2D eigenvalue weighted by Gasteiger charge is -2.17. The van der Waals surface area contributed by atoms with Gasteiger partial charge in [-0.2, -0.15) is 0 Å². The number of anilines is 1. The highest BCUT2D eigenvalue weighted by Gasteiger charge is 2.13. The largest absolute Gasteiger partial charge is 0.412 e. The molecule has 43 heavy (non-hydrogen) atoms. The van der Waals surface area contributed by atoms with Crippen LogP contribution < -0.4 is 16.0 Å². The molecule has 1 aromatic heterocycles. The molecule has 0 atom stereocenters. The highest BCUT2D eigenvalue weighted by atomic mass is 19.1. The Morgan fingerprint density at radius 3 is 2.16 bits per heavy atom. The molecule has 7 heteroatoms. The minimum atomic E-state index is -0.266. The normalized spacial score (nSPS) is 10.8. The molecule has 1 aliphatic rings. The molecule has 1 amide bonds. The number of benzene rings is 3. The molecule has 1 fully saturated rings. The Labute approximate surface area is 257 Å². The van der Waals surface area contributed by atoms with Crippen LogP contribution in [0.2, 0.25) is 0 Å². The van der Waals surface area contributed by atoms with E-state index in [9.17, 15) is 9.18 Å². The van der Waals surface area contributed by atoms with E-state index in [1.54, 1.807) is 12.1 Å². The number of hydrogen-bond acceptors (Lipinski definition) is 4. The van der Waals surface area contributed by atoms with E-state index in [4.69, 9.17) is 4.98 Å². The SMILES string of the molecule is C1CC1.C=CN.CCC.Cc1cc(CCNC(=O)c2cc(N(C)C)c3ccccc3c2)nc(-c2ccc(F)cc2)c1C.O. The number of fused-ring (bicyclic) bond motifs is 1. The van der Waals surface area contributed by atoms with Crippen molar-refractivity contribution in [2.75, 3.05) is 25.5 Å². The molecular formula is C36H49FN4O2. The maximum Gasteiger partial charge on any atom is 0.251 e. The molecule has 5 rings (SSSR count). The fraction of sp³-hybridized carbons (Fsp3) is 0.333. The Morgan fingerprint density at radius 2 is 1.60 bits per heavy atom. The predicted octanol–water partition coefficient (Wildman–Crippen LogP) is 7.55. The zero-order valence-electron chi connectivity index (χ0n) is 26.6. The van der Waals surface area contributed by atoms with Gasteiger partial charge >= 0.3 is 0 Å². The molecule has 1 heterocycles. The molecule has 3 aromatic carbocycles. The zero-order chi connectivity index (χ0) is 31.1. The van der Waals surface area contributed by atoms with Crippen LogP contribution in [-0.4, -0.2) is 37.0 Å². The molecule has 5 N–H and O–H groups in total. The first-order valence-electron chi connectivity index (χ1n) is 14.7. The van der Waals surface area contributed by atoms with Crippen LogP contribution in [0.4, 0.5) is 10.1 Å². The van der Waals surface area contributed by atoms with Crippen LogP contribution in [-0.2, 0) is 6.42 Å². The lowest BCUT2D eigenvalue weighted by molar-refractivity contribution is 0.0954. The van der Waals surface area contributed by atoms with E-state index < -0.39 is 0 Å². The molecule has 1 saturated carbocycles. The quantitative estimate of drug-likeness (QED) is 0.243. The number of aryl methyl sites for hydroxylation is 1. The van der Waals surface area contributed by atoms with E-state index in [1.807, 2.05) is 63.2 Å². The van der Waals surface area contributed by atoms with Crippen molar-refractivity contribution in [3.8, 4) is 11.3 Å². The lowest BCUT2D eigenvalue weighted by atomic mass is 10.0. The number of pyridine rings is 1. The maximum absolute atomic E-state index is 13.3. The van der Waals surface area contributed by atoms with E-state index in [0.717, 1.165) is 44.5 Å². The molecule has 0 saturated heterocycles. The minimum Gasteiger partial charge on any atom is -0.412 e. The lowest BCUT2D eigenvalue weighted by Crippen LogP contribution is -2.26. The van der Waals surface area contributed by atoms with E-state index in [2.05, 4.69) is 43.6 Å². The highest BCUT2D eigenvalue weighted by Crippen LogP contribution is 2.28. The van der Waals surface area contributed by atoms with Crippen LogP contribution in [0.1, 0.15) is 66.7 Å². The van der Waals surface area contributed by atoms with Gasteiger partial charge in [-0.25, -0.2) is 4.39 Å². The van der Waals surface area contributed by atoms with E-state index >= 15 is 0 Å². The first-order chi connectivity index (χ1) is 20.2. The number of nitrogens with one attached hydrogen (secondary N) is 1. The summed E-state index contributed by atoms with van der Waals surface area (Å²) >= 11 is 0. The maximum atomic E-state index is 13.3. The Bertz CT molecular complexity index is 1430. The number of halogens is 1. The standard InChI is InChI=1S/C28H28FN3O.C3H6.C3H8.C2H5N.H2O/c1-18-15-24(31-27(19(18)2)20-9-11-23(29)12-10-20)13-14-30-28(33)22-16-21-7-5-6-8-25(21)26(17-22)32(3)4;1-2-3-1;1-3-2;1-2-3;/h5-12,15-17H,13-14H2,1-4H3,(H,30,33);1-3H2;3H2,1-2H3;2H,1,3H2;1H2. The third kappa shape index (κ3) is 11.9. The number of hydrogen-bond donors (Lipinski definition) is 2. The molecule has 0 bridgehead atoms. The van der Waals surface area contributed by atoms with Crippen molar-refractivity contribution in [2.24, 2.45) is 5.73 Å². The van der Waals surface area contributed by atoms with E-state index in [-0.39, 0.29) is 17.2 Å². The highest BCUT2D eigenvalue weighted by molar-refractivity contribution is 6.03. The minimum absolute atomic E-state index is 0. The monoisotopic (exact) mass is 588 g/mol. The Balaban J connectivity index is 0.000000812. The number of nitrogens with two attached hydrogens (primary N) is 1. The van der Waals surface area contributed by atoms with Gasteiger partial charge in [-0.15, -0.1) is 0 Å². The van der Waals surface area contributed by atoms with Gasteiger partial charge < -0.3 is 21.4 Å². The summed E-state index contributed by atoms with van der Waals surface area (Å²) in [4.78, 5) is 19.7. The van der Waals surface area contributed by atoms with Gasteiger partial charge in [-0.3, -0.25) is 9.78 Å². The Kier molecular flexibility index (Phi) is 16.3. The number of amides is 1. The molecule has 4 aromatic rings. The molecule has 0 aliphatic heterocycles. The van der Waals surface area contributed by atoms with Crippen LogP contribution in [0.5, 0.6) is 0 Å². The number of nitrogens with zero attached hydrogens (tertiary/aromatic N) is 2. The summed E-state index contributed by atoms with van der Waals surface area (Å²) in [7, 11) is 3.96. The fourth-order valence-electron chi connectivity index (χ4n) is 4.02. The first kappa shape index (κ1) is 36.8. The average Bonchev–Trinajstić information content (AvgIpc) is 3.85. The van der Waals surface area contributed by atoms with Gasteiger partial charge in [-0.05, 0) is 79.0 Å². The van der Waals surface area contributed by atoms with Crippen molar-refractivity contribution in [3.05, 3.63) is 108 Å². The summed E-state index contributed by atoms with van der Waals surface area (Å²) in [6, 6.07) is 20.4. The van der Waals surface area contributed by atoms with Gasteiger partial charge in [0.1, 0.15) is 5.82 Å². The Hall–Kier alpha value is -4.23. The molecule has 1 aliphatic carbocycles. The number of carbonyl (C=O) groups excluding carboxylic acids is 1. The first-order valence-corrected chi connectivity index (χ1v) is 14.7. The molecule has 0 radical (unpaired) electrons. The van der Waals surface area contributed by atoms with Gasteiger partial charge in [0.15, 0.2) is 0 Å². The summed E-state index contributed by atoms with van der Waals surface area (Å²) < 4.78 is 13.3. The van der Waals surface area contributed by atoms with Crippen molar-refractivity contribution < 1.29 is 14.7 Å². The van der Waals surface area contributed by atoms with Crippen molar-refractivity contribution in [1.82, 2.24) is 10.3 Å². The second kappa shape index (κ2) is 19.1. The van der Waals surface area contributed by atoms with E-state index in [0.29, 0.717) is 18.5 Å². The van der Waals surface area contributed by atoms with Gasteiger partial charge in [0, 0.05) is 55.0 Å². The summed E-state index contributed by atoms with van der Waals surface area (Å²) in [5.41, 5.74) is 11.1. The van der Waals surface area contributed by atoms with Crippen LogP contribution in [0.3, 0.4) is 0 Å². The van der Waals surface area contributed by atoms with Crippen molar-refractivity contribution in [2.45, 2.75) is 59.8 Å². The summed E-state index contributed by atoms with van der Waals surface area (Å²) in [6.07, 6.45) is 7.61.